The monoisotopic (exact) mass is 261 g/mol. The van der Waals surface area contributed by atoms with Crippen LogP contribution < -0.4 is 5.73 Å². The molecule has 0 heterocycles. The third-order valence-corrected chi connectivity index (χ3v) is 2.54. The fourth-order valence-electron chi connectivity index (χ4n) is 1.32. The summed E-state index contributed by atoms with van der Waals surface area (Å²) in [5, 5.41) is 8.71. The molecule has 0 fully saturated rings. The molecule has 0 aliphatic heterocycles. The summed E-state index contributed by atoms with van der Waals surface area (Å²) in [6.07, 6.45) is 0.368. The normalized spacial score (nSPS) is 12.9. The maximum Gasteiger partial charge on any atom is 0.130 e. The van der Waals surface area contributed by atoms with E-state index >= 15 is 0 Å². The van der Waals surface area contributed by atoms with Crippen LogP contribution in [0.1, 0.15) is 23.6 Å². The van der Waals surface area contributed by atoms with Crippen molar-refractivity contribution in [1.29, 1.82) is 0 Å². The van der Waals surface area contributed by atoms with Crippen LogP contribution in [-0.2, 0) is 0 Å². The SMILES string of the molecule is Cc1cc(Br)cc([C@@H](N)CCO)c1F. The van der Waals surface area contributed by atoms with E-state index in [1.807, 2.05) is 0 Å². The smallest absolute Gasteiger partial charge is 0.130 e. The molecule has 0 saturated heterocycles. The van der Waals surface area contributed by atoms with Crippen molar-refractivity contribution < 1.29 is 9.50 Å². The van der Waals surface area contributed by atoms with E-state index in [2.05, 4.69) is 15.9 Å². The highest BCUT2D eigenvalue weighted by Crippen LogP contribution is 2.24. The summed E-state index contributed by atoms with van der Waals surface area (Å²) in [5.41, 5.74) is 6.73. The first kappa shape index (κ1) is 11.6. The van der Waals surface area contributed by atoms with Gasteiger partial charge >= 0.3 is 0 Å². The van der Waals surface area contributed by atoms with Gasteiger partial charge in [0.05, 0.1) is 0 Å². The number of halogens is 2. The zero-order valence-corrected chi connectivity index (χ0v) is 9.51. The minimum Gasteiger partial charge on any atom is -0.396 e. The zero-order valence-electron chi connectivity index (χ0n) is 7.93. The van der Waals surface area contributed by atoms with Crippen LogP contribution >= 0.6 is 15.9 Å². The zero-order chi connectivity index (χ0) is 10.7. The highest BCUT2D eigenvalue weighted by atomic mass is 79.9. The second-order valence-electron chi connectivity index (χ2n) is 3.24. The second-order valence-corrected chi connectivity index (χ2v) is 4.16. The molecular formula is C10H13BrFNO. The van der Waals surface area contributed by atoms with Crippen LogP contribution in [0.4, 0.5) is 4.39 Å². The Kier molecular flexibility index (Phi) is 4.04. The lowest BCUT2D eigenvalue weighted by Crippen LogP contribution is -2.14. The maximum absolute atomic E-state index is 13.6. The first-order valence-electron chi connectivity index (χ1n) is 4.38. The molecule has 0 radical (unpaired) electrons. The maximum atomic E-state index is 13.6. The van der Waals surface area contributed by atoms with Crippen molar-refractivity contribution >= 4 is 15.9 Å². The minimum atomic E-state index is -0.448. The van der Waals surface area contributed by atoms with Gasteiger partial charge in [0.25, 0.3) is 0 Å². The summed E-state index contributed by atoms with van der Waals surface area (Å²) >= 11 is 3.28. The Morgan fingerprint density at radius 1 is 1.57 bits per heavy atom. The topological polar surface area (TPSA) is 46.2 Å². The highest BCUT2D eigenvalue weighted by molar-refractivity contribution is 9.10. The molecule has 0 unspecified atom stereocenters. The van der Waals surface area contributed by atoms with Crippen LogP contribution in [0.2, 0.25) is 0 Å². The lowest BCUT2D eigenvalue weighted by molar-refractivity contribution is 0.275. The first-order chi connectivity index (χ1) is 6.56. The minimum absolute atomic E-state index is 0.0355. The van der Waals surface area contributed by atoms with E-state index in [9.17, 15) is 4.39 Å². The van der Waals surface area contributed by atoms with E-state index in [0.29, 0.717) is 17.5 Å². The average Bonchev–Trinajstić information content (AvgIpc) is 2.11. The molecule has 1 aromatic rings. The van der Waals surface area contributed by atoms with Crippen molar-refractivity contribution in [2.75, 3.05) is 6.61 Å². The molecule has 0 saturated carbocycles. The molecule has 0 aliphatic rings. The largest absolute Gasteiger partial charge is 0.396 e. The van der Waals surface area contributed by atoms with E-state index < -0.39 is 6.04 Å². The van der Waals surface area contributed by atoms with E-state index in [4.69, 9.17) is 10.8 Å². The van der Waals surface area contributed by atoms with Gasteiger partial charge in [-0.25, -0.2) is 4.39 Å². The standard InChI is InChI=1S/C10H13BrFNO/c1-6-4-7(11)5-8(10(6)12)9(13)2-3-14/h4-5,9,14H,2-3,13H2,1H3/t9-/m0/s1. The van der Waals surface area contributed by atoms with Gasteiger partial charge in [-0.1, -0.05) is 15.9 Å². The predicted molar refractivity (Wildman–Crippen MR) is 57.5 cm³/mol. The van der Waals surface area contributed by atoms with E-state index in [1.54, 1.807) is 19.1 Å². The Labute approximate surface area is 91.1 Å². The molecule has 78 valence electrons. The summed E-state index contributed by atoms with van der Waals surface area (Å²) < 4.78 is 14.4. The fraction of sp³-hybridized carbons (Fsp3) is 0.400. The van der Waals surface area contributed by atoms with Crippen LogP contribution in [0.15, 0.2) is 16.6 Å². The van der Waals surface area contributed by atoms with Crippen LogP contribution in [-0.4, -0.2) is 11.7 Å². The lowest BCUT2D eigenvalue weighted by atomic mass is 10.0. The van der Waals surface area contributed by atoms with Gasteiger partial charge < -0.3 is 10.8 Å². The molecule has 4 heteroatoms. The molecule has 0 bridgehead atoms. The van der Waals surface area contributed by atoms with Crippen LogP contribution in [0.5, 0.6) is 0 Å². The molecule has 0 amide bonds. The number of rotatable bonds is 3. The Morgan fingerprint density at radius 2 is 2.21 bits per heavy atom. The number of aryl methyl sites for hydroxylation is 1. The average molecular weight is 262 g/mol. The molecule has 0 aliphatic carbocycles. The quantitative estimate of drug-likeness (QED) is 0.877. The number of benzene rings is 1. The van der Waals surface area contributed by atoms with Crippen LogP contribution in [0, 0.1) is 12.7 Å². The highest BCUT2D eigenvalue weighted by Gasteiger charge is 2.13. The number of hydrogen-bond donors (Lipinski definition) is 2. The van der Waals surface area contributed by atoms with E-state index in [-0.39, 0.29) is 12.4 Å². The second kappa shape index (κ2) is 4.87. The van der Waals surface area contributed by atoms with Crippen molar-refractivity contribution in [3.8, 4) is 0 Å². The summed E-state index contributed by atoms with van der Waals surface area (Å²) in [6.45, 7) is 1.65. The summed E-state index contributed by atoms with van der Waals surface area (Å²) in [6, 6.07) is 2.91. The van der Waals surface area contributed by atoms with Gasteiger partial charge in [0.15, 0.2) is 0 Å². The Hall–Kier alpha value is -0.450. The van der Waals surface area contributed by atoms with Gasteiger partial charge in [0, 0.05) is 22.7 Å². The van der Waals surface area contributed by atoms with Crippen molar-refractivity contribution in [3.63, 3.8) is 0 Å². The van der Waals surface area contributed by atoms with Crippen molar-refractivity contribution in [2.24, 2.45) is 5.73 Å². The molecule has 0 aromatic heterocycles. The number of aliphatic hydroxyl groups excluding tert-OH is 1. The van der Waals surface area contributed by atoms with Crippen LogP contribution in [0.25, 0.3) is 0 Å². The molecule has 1 atom stereocenters. The summed E-state index contributed by atoms with van der Waals surface area (Å²) in [7, 11) is 0. The van der Waals surface area contributed by atoms with Crippen molar-refractivity contribution in [1.82, 2.24) is 0 Å². The van der Waals surface area contributed by atoms with E-state index in [0.717, 1.165) is 4.47 Å². The molecule has 1 aromatic carbocycles. The Balaban J connectivity index is 3.07. The lowest BCUT2D eigenvalue weighted by Gasteiger charge is -2.13. The molecular weight excluding hydrogens is 249 g/mol. The number of aliphatic hydroxyl groups is 1. The van der Waals surface area contributed by atoms with E-state index in [1.165, 1.54) is 0 Å². The van der Waals surface area contributed by atoms with Crippen LogP contribution in [0.3, 0.4) is 0 Å². The molecule has 2 nitrogen and oxygen atoms in total. The number of nitrogens with two attached hydrogens (primary N) is 1. The van der Waals surface area contributed by atoms with Crippen molar-refractivity contribution in [2.45, 2.75) is 19.4 Å². The summed E-state index contributed by atoms with van der Waals surface area (Å²) in [5.74, 6) is -0.283. The first-order valence-corrected chi connectivity index (χ1v) is 5.17. The van der Waals surface area contributed by atoms with Crippen molar-refractivity contribution in [3.05, 3.63) is 33.5 Å². The van der Waals surface area contributed by atoms with Gasteiger partial charge in [-0.15, -0.1) is 0 Å². The summed E-state index contributed by atoms with van der Waals surface area (Å²) in [4.78, 5) is 0. The third kappa shape index (κ3) is 2.53. The molecule has 1 rings (SSSR count). The Bertz CT molecular complexity index is 330. The molecule has 0 spiro atoms. The third-order valence-electron chi connectivity index (χ3n) is 2.09. The molecule has 3 N–H and O–H groups in total. The fourth-order valence-corrected chi connectivity index (χ4v) is 1.91. The van der Waals surface area contributed by atoms with Gasteiger partial charge in [-0.2, -0.15) is 0 Å². The van der Waals surface area contributed by atoms with Gasteiger partial charge in [-0.3, -0.25) is 0 Å². The number of hydrogen-bond acceptors (Lipinski definition) is 2. The molecule has 14 heavy (non-hydrogen) atoms. The van der Waals surface area contributed by atoms with Gasteiger partial charge in [0.1, 0.15) is 5.82 Å². The predicted octanol–water partition coefficient (Wildman–Crippen LogP) is 2.28. The Morgan fingerprint density at radius 3 is 2.79 bits per heavy atom. The van der Waals surface area contributed by atoms with Gasteiger partial charge in [0.2, 0.25) is 0 Å². The van der Waals surface area contributed by atoms with Gasteiger partial charge in [-0.05, 0) is 31.0 Å².